The number of carbonyl (C=O) groups is 1. The summed E-state index contributed by atoms with van der Waals surface area (Å²) in [6, 6.07) is 3.44. The molecule has 0 saturated carbocycles. The second-order valence-electron chi connectivity index (χ2n) is 3.38. The molecule has 1 rings (SSSR count). The van der Waals surface area contributed by atoms with Gasteiger partial charge in [0.2, 0.25) is 0 Å². The maximum Gasteiger partial charge on any atom is 0.254 e. The zero-order chi connectivity index (χ0) is 12.0. The van der Waals surface area contributed by atoms with Crippen LogP contribution in [-0.2, 0) is 4.74 Å². The lowest BCUT2D eigenvalue weighted by Crippen LogP contribution is -2.36. The molecule has 16 heavy (non-hydrogen) atoms. The lowest BCUT2D eigenvalue weighted by Gasteiger charge is -2.13. The summed E-state index contributed by atoms with van der Waals surface area (Å²) in [5, 5.41) is 2.84. The second-order valence-corrected chi connectivity index (χ2v) is 4.13. The number of rotatable bonds is 5. The second kappa shape index (κ2) is 6.60. The maximum atomic E-state index is 11.8. The van der Waals surface area contributed by atoms with Gasteiger partial charge in [-0.3, -0.25) is 4.79 Å². The molecule has 4 nitrogen and oxygen atoms in total. The van der Waals surface area contributed by atoms with Gasteiger partial charge in [0, 0.05) is 18.8 Å². The molecule has 0 fully saturated rings. The van der Waals surface area contributed by atoms with Crippen molar-refractivity contribution in [3.05, 3.63) is 28.5 Å². The minimum Gasteiger partial charge on any atom is -0.380 e. The maximum absolute atomic E-state index is 11.8. The summed E-state index contributed by atoms with van der Waals surface area (Å²) < 4.78 is 5.77. The molecule has 5 heteroatoms. The van der Waals surface area contributed by atoms with Gasteiger partial charge in [-0.2, -0.15) is 0 Å². The minimum absolute atomic E-state index is 0.0143. The SMILES string of the molecule is CCOCC(C)NC(=O)c1cccnc1Br. The van der Waals surface area contributed by atoms with Gasteiger partial charge in [-0.15, -0.1) is 0 Å². The summed E-state index contributed by atoms with van der Waals surface area (Å²) in [6.07, 6.45) is 1.63. The summed E-state index contributed by atoms with van der Waals surface area (Å²) in [5.74, 6) is -0.146. The third-order valence-electron chi connectivity index (χ3n) is 1.95. The summed E-state index contributed by atoms with van der Waals surface area (Å²) in [4.78, 5) is 15.8. The first-order valence-corrected chi connectivity index (χ1v) is 5.93. The Morgan fingerprint density at radius 3 is 3.06 bits per heavy atom. The number of amides is 1. The number of ether oxygens (including phenoxy) is 1. The Kier molecular flexibility index (Phi) is 5.42. The predicted molar refractivity (Wildman–Crippen MR) is 65.4 cm³/mol. The highest BCUT2D eigenvalue weighted by Gasteiger charge is 2.12. The van der Waals surface area contributed by atoms with Gasteiger partial charge in [-0.1, -0.05) is 0 Å². The van der Waals surface area contributed by atoms with Crippen molar-refractivity contribution in [2.24, 2.45) is 0 Å². The Labute approximate surface area is 104 Å². The van der Waals surface area contributed by atoms with Gasteiger partial charge in [0.05, 0.1) is 12.2 Å². The van der Waals surface area contributed by atoms with Gasteiger partial charge in [0.15, 0.2) is 0 Å². The first kappa shape index (κ1) is 13.1. The van der Waals surface area contributed by atoms with Crippen LogP contribution in [0.5, 0.6) is 0 Å². The number of aromatic nitrogens is 1. The smallest absolute Gasteiger partial charge is 0.254 e. The zero-order valence-corrected chi connectivity index (χ0v) is 11.0. The quantitative estimate of drug-likeness (QED) is 0.843. The summed E-state index contributed by atoms with van der Waals surface area (Å²) in [7, 11) is 0. The summed E-state index contributed by atoms with van der Waals surface area (Å²) in [5.41, 5.74) is 0.533. The topological polar surface area (TPSA) is 51.2 Å². The average molecular weight is 287 g/mol. The molecule has 0 bridgehead atoms. The van der Waals surface area contributed by atoms with E-state index < -0.39 is 0 Å². The van der Waals surface area contributed by atoms with Crippen molar-refractivity contribution in [3.63, 3.8) is 0 Å². The van der Waals surface area contributed by atoms with Crippen LogP contribution in [0.25, 0.3) is 0 Å². The molecule has 0 saturated heterocycles. The third-order valence-corrected chi connectivity index (χ3v) is 2.59. The van der Waals surface area contributed by atoms with Crippen molar-refractivity contribution in [1.82, 2.24) is 10.3 Å². The van der Waals surface area contributed by atoms with E-state index in [1.807, 2.05) is 13.8 Å². The molecule has 0 aliphatic carbocycles. The number of hydrogen-bond acceptors (Lipinski definition) is 3. The highest BCUT2D eigenvalue weighted by Crippen LogP contribution is 2.12. The molecular weight excluding hydrogens is 272 g/mol. The van der Waals surface area contributed by atoms with Crippen LogP contribution in [0.2, 0.25) is 0 Å². The van der Waals surface area contributed by atoms with E-state index in [9.17, 15) is 4.79 Å². The molecule has 0 aliphatic heterocycles. The van der Waals surface area contributed by atoms with Crippen LogP contribution < -0.4 is 5.32 Å². The Bertz CT molecular complexity index is 358. The first-order valence-electron chi connectivity index (χ1n) is 5.14. The Morgan fingerprint density at radius 1 is 1.69 bits per heavy atom. The van der Waals surface area contributed by atoms with Gasteiger partial charge in [0.25, 0.3) is 5.91 Å². The Hall–Kier alpha value is -0.940. The van der Waals surface area contributed by atoms with E-state index in [1.165, 1.54) is 0 Å². The standard InChI is InChI=1S/C11H15BrN2O2/c1-3-16-7-8(2)14-11(15)9-5-4-6-13-10(9)12/h4-6,8H,3,7H2,1-2H3,(H,14,15). The third kappa shape index (κ3) is 3.90. The van der Waals surface area contributed by atoms with E-state index in [-0.39, 0.29) is 11.9 Å². The van der Waals surface area contributed by atoms with Gasteiger partial charge in [-0.05, 0) is 41.9 Å². The van der Waals surface area contributed by atoms with Crippen molar-refractivity contribution in [2.75, 3.05) is 13.2 Å². The van der Waals surface area contributed by atoms with Crippen LogP contribution in [0, 0.1) is 0 Å². The van der Waals surface area contributed by atoms with Crippen LogP contribution in [0.3, 0.4) is 0 Å². The van der Waals surface area contributed by atoms with Crippen molar-refractivity contribution in [1.29, 1.82) is 0 Å². The highest BCUT2D eigenvalue weighted by molar-refractivity contribution is 9.10. The molecule has 1 atom stereocenters. The fourth-order valence-electron chi connectivity index (χ4n) is 1.19. The number of halogens is 1. The molecule has 1 heterocycles. The zero-order valence-electron chi connectivity index (χ0n) is 9.37. The first-order chi connectivity index (χ1) is 7.65. The number of hydrogen-bond donors (Lipinski definition) is 1. The molecule has 1 unspecified atom stereocenters. The number of carbonyl (C=O) groups excluding carboxylic acids is 1. The van der Waals surface area contributed by atoms with E-state index in [1.54, 1.807) is 18.3 Å². The average Bonchev–Trinajstić information content (AvgIpc) is 2.26. The monoisotopic (exact) mass is 286 g/mol. The largest absolute Gasteiger partial charge is 0.380 e. The van der Waals surface area contributed by atoms with Gasteiger partial charge >= 0.3 is 0 Å². The Balaban J connectivity index is 2.56. The highest BCUT2D eigenvalue weighted by atomic mass is 79.9. The lowest BCUT2D eigenvalue weighted by molar-refractivity contribution is 0.0871. The molecule has 0 radical (unpaired) electrons. The molecule has 88 valence electrons. The van der Waals surface area contributed by atoms with E-state index in [2.05, 4.69) is 26.2 Å². The lowest BCUT2D eigenvalue weighted by atomic mass is 10.2. The summed E-state index contributed by atoms with van der Waals surface area (Å²) in [6.45, 7) is 4.99. The van der Waals surface area contributed by atoms with Crippen molar-refractivity contribution in [3.8, 4) is 0 Å². The van der Waals surface area contributed by atoms with Crippen molar-refractivity contribution >= 4 is 21.8 Å². The number of pyridine rings is 1. The van der Waals surface area contributed by atoms with E-state index in [0.29, 0.717) is 23.4 Å². The normalized spacial score (nSPS) is 12.2. The van der Waals surface area contributed by atoms with E-state index in [0.717, 1.165) is 0 Å². The van der Waals surface area contributed by atoms with E-state index in [4.69, 9.17) is 4.74 Å². The predicted octanol–water partition coefficient (Wildman–Crippen LogP) is 2.00. The molecule has 1 amide bonds. The molecule has 0 aliphatic rings. The van der Waals surface area contributed by atoms with Crippen LogP contribution in [-0.4, -0.2) is 30.1 Å². The molecular formula is C11H15BrN2O2. The van der Waals surface area contributed by atoms with Crippen LogP contribution in [0.1, 0.15) is 24.2 Å². The molecule has 1 aromatic rings. The van der Waals surface area contributed by atoms with Crippen molar-refractivity contribution < 1.29 is 9.53 Å². The fraction of sp³-hybridized carbons (Fsp3) is 0.455. The fourth-order valence-corrected chi connectivity index (χ4v) is 1.62. The Morgan fingerprint density at radius 2 is 2.44 bits per heavy atom. The summed E-state index contributed by atoms with van der Waals surface area (Å²) >= 11 is 3.24. The van der Waals surface area contributed by atoms with Crippen molar-refractivity contribution in [2.45, 2.75) is 19.9 Å². The van der Waals surface area contributed by atoms with Crippen LogP contribution in [0.4, 0.5) is 0 Å². The molecule has 1 aromatic heterocycles. The number of nitrogens with zero attached hydrogens (tertiary/aromatic N) is 1. The molecule has 0 aromatic carbocycles. The molecule has 0 spiro atoms. The van der Waals surface area contributed by atoms with E-state index >= 15 is 0 Å². The number of nitrogens with one attached hydrogen (secondary N) is 1. The minimum atomic E-state index is -0.146. The van der Waals surface area contributed by atoms with Crippen LogP contribution in [0.15, 0.2) is 22.9 Å². The van der Waals surface area contributed by atoms with Gasteiger partial charge in [0.1, 0.15) is 4.60 Å². The van der Waals surface area contributed by atoms with Gasteiger partial charge < -0.3 is 10.1 Å². The van der Waals surface area contributed by atoms with Crippen LogP contribution >= 0.6 is 15.9 Å². The molecule has 1 N–H and O–H groups in total. The van der Waals surface area contributed by atoms with Gasteiger partial charge in [-0.25, -0.2) is 4.98 Å².